The minimum Gasteiger partial charge on any atom is -0.367 e. The number of hydrogen-bond acceptors (Lipinski definition) is 4. The van der Waals surface area contributed by atoms with Crippen molar-refractivity contribution in [2.45, 2.75) is 44.7 Å². The summed E-state index contributed by atoms with van der Waals surface area (Å²) in [4.78, 5) is 12.4. The molecule has 1 fully saturated rings. The first kappa shape index (κ1) is 24.8. The Bertz CT molecular complexity index is 1000. The number of rotatable bonds is 5. The summed E-state index contributed by atoms with van der Waals surface area (Å²) in [6.45, 7) is 3.27. The standard InChI is InChI=1S/C25H27ClN4.2ClH/c26-20-11-9-19(10-12-20)24-28-23-8-4-7-22(23)25(29-24)27-21-13-15-30(16-14-21)17-18-5-2-1-3-6-18;;/h1-3,5-6,9-12,21H,4,7-8,13-17H2,(H,27,28,29);2*1H. The molecule has 1 saturated heterocycles. The average Bonchev–Trinajstić information content (AvgIpc) is 3.25. The third kappa shape index (κ3) is 5.74. The van der Waals surface area contributed by atoms with E-state index in [1.807, 2.05) is 24.3 Å². The maximum Gasteiger partial charge on any atom is 0.161 e. The summed E-state index contributed by atoms with van der Waals surface area (Å²) in [5.41, 5.74) is 4.94. The molecule has 5 rings (SSSR count). The van der Waals surface area contributed by atoms with Gasteiger partial charge < -0.3 is 5.32 Å². The molecule has 0 spiro atoms. The van der Waals surface area contributed by atoms with E-state index in [1.54, 1.807) is 0 Å². The Kier molecular flexibility index (Phi) is 8.78. The van der Waals surface area contributed by atoms with E-state index in [0.717, 1.165) is 74.0 Å². The van der Waals surface area contributed by atoms with Crippen LogP contribution in [-0.2, 0) is 19.4 Å². The molecule has 0 unspecified atom stereocenters. The average molecular weight is 492 g/mol. The predicted octanol–water partition coefficient (Wildman–Crippen LogP) is 6.21. The first-order valence-corrected chi connectivity index (χ1v) is 11.3. The molecule has 2 aliphatic rings. The van der Waals surface area contributed by atoms with Gasteiger partial charge in [-0.1, -0.05) is 41.9 Å². The van der Waals surface area contributed by atoms with Crippen LogP contribution >= 0.6 is 36.4 Å². The molecule has 3 aromatic rings. The van der Waals surface area contributed by atoms with Crippen molar-refractivity contribution >= 4 is 42.2 Å². The first-order chi connectivity index (χ1) is 14.7. The lowest BCUT2D eigenvalue weighted by atomic mass is 10.0. The number of piperidine rings is 1. The summed E-state index contributed by atoms with van der Waals surface area (Å²) < 4.78 is 0. The first-order valence-electron chi connectivity index (χ1n) is 10.9. The Labute approximate surface area is 207 Å². The molecular weight excluding hydrogens is 463 g/mol. The third-order valence-corrected chi connectivity index (χ3v) is 6.46. The summed E-state index contributed by atoms with van der Waals surface area (Å²) in [5, 5.41) is 4.52. The van der Waals surface area contributed by atoms with Crippen LogP contribution in [0.15, 0.2) is 54.6 Å². The summed E-state index contributed by atoms with van der Waals surface area (Å²) in [6.07, 6.45) is 5.57. The zero-order valence-corrected chi connectivity index (χ0v) is 20.4. The van der Waals surface area contributed by atoms with E-state index in [4.69, 9.17) is 21.6 Å². The molecule has 1 aromatic heterocycles. The largest absolute Gasteiger partial charge is 0.367 e. The highest BCUT2D eigenvalue weighted by Crippen LogP contribution is 2.31. The molecule has 1 aliphatic carbocycles. The zero-order valence-electron chi connectivity index (χ0n) is 18.0. The van der Waals surface area contributed by atoms with Crippen molar-refractivity contribution in [3.05, 3.63) is 76.4 Å². The van der Waals surface area contributed by atoms with Gasteiger partial charge in [0.05, 0.1) is 0 Å². The number of nitrogens with one attached hydrogen (secondary N) is 1. The maximum absolute atomic E-state index is 6.06. The lowest BCUT2D eigenvalue weighted by molar-refractivity contribution is 0.211. The molecule has 2 heterocycles. The fourth-order valence-corrected chi connectivity index (χ4v) is 4.68. The van der Waals surface area contributed by atoms with E-state index < -0.39 is 0 Å². The van der Waals surface area contributed by atoms with Gasteiger partial charge in [0.25, 0.3) is 0 Å². The van der Waals surface area contributed by atoms with E-state index in [2.05, 4.69) is 40.5 Å². The summed E-state index contributed by atoms with van der Waals surface area (Å²) in [7, 11) is 0. The Morgan fingerprint density at radius 1 is 0.906 bits per heavy atom. The smallest absolute Gasteiger partial charge is 0.161 e. The molecule has 32 heavy (non-hydrogen) atoms. The Morgan fingerprint density at radius 3 is 2.34 bits per heavy atom. The number of anilines is 1. The van der Waals surface area contributed by atoms with Crippen LogP contribution in [0.4, 0.5) is 5.82 Å². The molecule has 2 aromatic carbocycles. The second kappa shape index (κ2) is 11.3. The van der Waals surface area contributed by atoms with E-state index in [0.29, 0.717) is 6.04 Å². The maximum atomic E-state index is 6.06. The SMILES string of the molecule is Cl.Cl.Clc1ccc(-c2nc3c(c(NC4CCN(Cc5ccccc5)CC4)n2)CCC3)cc1. The molecule has 1 N–H and O–H groups in total. The van der Waals surface area contributed by atoms with E-state index in [9.17, 15) is 0 Å². The normalized spacial score (nSPS) is 16.0. The molecule has 170 valence electrons. The quantitative estimate of drug-likeness (QED) is 0.461. The van der Waals surface area contributed by atoms with Crippen molar-refractivity contribution in [3.63, 3.8) is 0 Å². The molecule has 0 bridgehead atoms. The number of nitrogens with zero attached hydrogens (tertiary/aromatic N) is 3. The summed E-state index contributed by atoms with van der Waals surface area (Å²) >= 11 is 6.06. The van der Waals surface area contributed by atoms with Crippen molar-refractivity contribution < 1.29 is 0 Å². The molecule has 0 atom stereocenters. The van der Waals surface area contributed by atoms with Crippen LogP contribution < -0.4 is 5.32 Å². The van der Waals surface area contributed by atoms with Crippen LogP contribution in [0, 0.1) is 0 Å². The Morgan fingerprint density at radius 2 is 1.62 bits per heavy atom. The van der Waals surface area contributed by atoms with Crippen LogP contribution in [0.3, 0.4) is 0 Å². The number of likely N-dealkylation sites (tertiary alicyclic amines) is 1. The number of aromatic nitrogens is 2. The fraction of sp³-hybridized carbons (Fsp3) is 0.360. The minimum absolute atomic E-state index is 0. The topological polar surface area (TPSA) is 41.1 Å². The van der Waals surface area contributed by atoms with Gasteiger partial charge in [-0.3, -0.25) is 4.90 Å². The second-order valence-corrected chi connectivity index (χ2v) is 8.80. The highest BCUT2D eigenvalue weighted by Gasteiger charge is 2.24. The number of benzene rings is 2. The monoisotopic (exact) mass is 490 g/mol. The third-order valence-electron chi connectivity index (χ3n) is 6.21. The van der Waals surface area contributed by atoms with Gasteiger partial charge in [-0.15, -0.1) is 24.8 Å². The Hall–Kier alpha value is -1.85. The molecule has 4 nitrogen and oxygen atoms in total. The van der Waals surface area contributed by atoms with Crippen LogP contribution in [0.2, 0.25) is 5.02 Å². The highest BCUT2D eigenvalue weighted by atomic mass is 35.5. The molecule has 1 aliphatic heterocycles. The predicted molar refractivity (Wildman–Crippen MR) is 137 cm³/mol. The molecule has 7 heteroatoms. The Balaban J connectivity index is 0.00000144. The van der Waals surface area contributed by atoms with Gasteiger partial charge >= 0.3 is 0 Å². The van der Waals surface area contributed by atoms with Crippen molar-refractivity contribution in [3.8, 4) is 11.4 Å². The van der Waals surface area contributed by atoms with E-state index in [1.165, 1.54) is 16.8 Å². The van der Waals surface area contributed by atoms with Crippen molar-refractivity contribution in [2.75, 3.05) is 18.4 Å². The molecule has 0 radical (unpaired) electrons. The summed E-state index contributed by atoms with van der Waals surface area (Å²) in [5.74, 6) is 1.85. The van der Waals surface area contributed by atoms with E-state index >= 15 is 0 Å². The number of halogens is 3. The zero-order chi connectivity index (χ0) is 20.3. The number of hydrogen-bond donors (Lipinski definition) is 1. The molecule has 0 saturated carbocycles. The number of aryl methyl sites for hydroxylation is 1. The van der Waals surface area contributed by atoms with Crippen LogP contribution in [0.1, 0.15) is 36.1 Å². The van der Waals surface area contributed by atoms with Gasteiger partial charge in [0, 0.05) is 47.5 Å². The highest BCUT2D eigenvalue weighted by molar-refractivity contribution is 6.30. The van der Waals surface area contributed by atoms with Gasteiger partial charge in [-0.05, 0) is 61.9 Å². The van der Waals surface area contributed by atoms with Gasteiger partial charge in [0.2, 0.25) is 0 Å². The van der Waals surface area contributed by atoms with Crippen LogP contribution in [0.5, 0.6) is 0 Å². The van der Waals surface area contributed by atoms with Crippen LogP contribution in [-0.4, -0.2) is 34.0 Å². The van der Waals surface area contributed by atoms with Crippen molar-refractivity contribution in [2.24, 2.45) is 0 Å². The number of fused-ring (bicyclic) bond motifs is 1. The van der Waals surface area contributed by atoms with Gasteiger partial charge in [0.1, 0.15) is 5.82 Å². The van der Waals surface area contributed by atoms with Gasteiger partial charge in [0.15, 0.2) is 5.82 Å². The fourth-order valence-electron chi connectivity index (χ4n) is 4.55. The minimum atomic E-state index is 0. The lowest BCUT2D eigenvalue weighted by Gasteiger charge is -2.33. The second-order valence-electron chi connectivity index (χ2n) is 8.36. The van der Waals surface area contributed by atoms with E-state index in [-0.39, 0.29) is 24.8 Å². The van der Waals surface area contributed by atoms with Crippen LogP contribution in [0.25, 0.3) is 11.4 Å². The van der Waals surface area contributed by atoms with Gasteiger partial charge in [-0.2, -0.15) is 0 Å². The van der Waals surface area contributed by atoms with Crippen molar-refractivity contribution in [1.29, 1.82) is 0 Å². The van der Waals surface area contributed by atoms with Gasteiger partial charge in [-0.25, -0.2) is 9.97 Å². The molecular formula is C25H29Cl3N4. The summed E-state index contributed by atoms with van der Waals surface area (Å²) in [6, 6.07) is 19.0. The lowest BCUT2D eigenvalue weighted by Crippen LogP contribution is -2.39. The van der Waals surface area contributed by atoms with Crippen molar-refractivity contribution in [1.82, 2.24) is 14.9 Å². The molecule has 0 amide bonds.